The zero-order valence-electron chi connectivity index (χ0n) is 14.1. The summed E-state index contributed by atoms with van der Waals surface area (Å²) in [5, 5.41) is 3.94. The second-order valence-corrected chi connectivity index (χ2v) is 7.23. The van der Waals surface area contributed by atoms with Gasteiger partial charge in [0.1, 0.15) is 4.83 Å². The van der Waals surface area contributed by atoms with Crippen molar-refractivity contribution < 1.29 is 4.74 Å². The van der Waals surface area contributed by atoms with Crippen molar-refractivity contribution in [3.8, 4) is 0 Å². The van der Waals surface area contributed by atoms with Gasteiger partial charge in [0.05, 0.1) is 18.6 Å². The van der Waals surface area contributed by atoms with Gasteiger partial charge < -0.3 is 15.8 Å². The fourth-order valence-electron chi connectivity index (χ4n) is 3.00. The van der Waals surface area contributed by atoms with Crippen LogP contribution in [0.25, 0.3) is 10.2 Å². The molecule has 24 heavy (non-hydrogen) atoms. The number of aromatic nitrogens is 2. The number of fused-ring (bicyclic) bond motifs is 1. The van der Waals surface area contributed by atoms with Crippen molar-refractivity contribution >= 4 is 21.6 Å². The Hall–Kier alpha value is -1.48. The van der Waals surface area contributed by atoms with Crippen LogP contribution < -0.4 is 22.3 Å². The second kappa shape index (κ2) is 7.18. The summed E-state index contributed by atoms with van der Waals surface area (Å²) in [6, 6.07) is 0. The predicted molar refractivity (Wildman–Crippen MR) is 95.8 cm³/mol. The van der Waals surface area contributed by atoms with Gasteiger partial charge in [0, 0.05) is 43.5 Å². The van der Waals surface area contributed by atoms with Crippen LogP contribution in [0.4, 0.5) is 0 Å². The van der Waals surface area contributed by atoms with Crippen molar-refractivity contribution in [1.29, 1.82) is 0 Å². The summed E-state index contributed by atoms with van der Waals surface area (Å²) < 4.78 is 8.32. The molecule has 1 aliphatic rings. The first kappa shape index (κ1) is 17.3. The highest BCUT2D eigenvalue weighted by Gasteiger charge is 2.24. The third-order valence-electron chi connectivity index (χ3n) is 4.46. The molecule has 0 aromatic carbocycles. The van der Waals surface area contributed by atoms with Crippen molar-refractivity contribution in [3.05, 3.63) is 31.3 Å². The molecular weight excluding hydrogens is 328 g/mol. The predicted octanol–water partition coefficient (Wildman–Crippen LogP) is 0.248. The van der Waals surface area contributed by atoms with Gasteiger partial charge in [-0.05, 0) is 19.4 Å². The fourth-order valence-corrected chi connectivity index (χ4v) is 4.27. The molecule has 8 heteroatoms. The molecule has 0 radical (unpaired) electrons. The largest absolute Gasteiger partial charge is 0.381 e. The minimum Gasteiger partial charge on any atom is -0.381 e. The average Bonchev–Trinajstić information content (AvgIpc) is 2.83. The van der Waals surface area contributed by atoms with Gasteiger partial charge in [0.15, 0.2) is 0 Å². The van der Waals surface area contributed by atoms with E-state index in [1.165, 1.54) is 15.9 Å². The summed E-state index contributed by atoms with van der Waals surface area (Å²) in [6.07, 6.45) is 0. The normalized spacial score (nSPS) is 15.1. The molecule has 0 saturated carbocycles. The van der Waals surface area contributed by atoms with Crippen LogP contribution >= 0.6 is 11.3 Å². The molecule has 132 valence electrons. The molecule has 3 N–H and O–H groups in total. The van der Waals surface area contributed by atoms with Gasteiger partial charge in [-0.15, -0.1) is 11.3 Å². The number of nitrogens with two attached hydrogens (primary N) is 1. The first-order chi connectivity index (χ1) is 11.6. The topological polar surface area (TPSA) is 91.3 Å². The van der Waals surface area contributed by atoms with Gasteiger partial charge in [-0.25, -0.2) is 4.79 Å². The van der Waals surface area contributed by atoms with E-state index in [9.17, 15) is 9.59 Å². The molecule has 0 atom stereocenters. The molecule has 0 aliphatic carbocycles. The van der Waals surface area contributed by atoms with Crippen molar-refractivity contribution in [2.24, 2.45) is 11.7 Å². The van der Waals surface area contributed by atoms with E-state index in [0.29, 0.717) is 50.7 Å². The van der Waals surface area contributed by atoms with E-state index in [-0.39, 0.29) is 11.2 Å². The van der Waals surface area contributed by atoms with E-state index in [0.717, 1.165) is 21.8 Å². The maximum Gasteiger partial charge on any atom is 0.332 e. The maximum absolute atomic E-state index is 12.8. The van der Waals surface area contributed by atoms with Crippen molar-refractivity contribution in [3.63, 3.8) is 0 Å². The van der Waals surface area contributed by atoms with Crippen LogP contribution in [0.5, 0.6) is 0 Å². The quantitative estimate of drug-likeness (QED) is 0.697. The Labute approximate surface area is 144 Å². The Bertz CT molecular complexity index is 848. The minimum atomic E-state index is -0.218. The van der Waals surface area contributed by atoms with E-state index in [1.807, 2.05) is 13.8 Å². The van der Waals surface area contributed by atoms with Crippen molar-refractivity contribution in [2.45, 2.75) is 33.5 Å². The number of hydrogen-bond acceptors (Lipinski definition) is 6. The number of hydrogen-bond donors (Lipinski definition) is 2. The number of nitrogens with one attached hydrogen (secondary N) is 1. The molecule has 1 aliphatic heterocycles. The standard InChI is InChI=1S/C16H24N4O3S/c1-3-19-14(21)13-10(2)12(6-18-5-4-17)24-15(13)20(16(19)22)7-11-8-23-9-11/h11,18H,3-9,17H2,1-2H3. The average molecular weight is 352 g/mol. The van der Waals surface area contributed by atoms with Crippen LogP contribution in [0.3, 0.4) is 0 Å². The van der Waals surface area contributed by atoms with Gasteiger partial charge in [-0.2, -0.15) is 0 Å². The lowest BCUT2D eigenvalue weighted by Gasteiger charge is -2.26. The molecule has 2 aromatic rings. The van der Waals surface area contributed by atoms with Gasteiger partial charge in [0.25, 0.3) is 5.56 Å². The molecule has 1 fully saturated rings. The Kier molecular flexibility index (Phi) is 5.19. The maximum atomic E-state index is 12.8. The first-order valence-electron chi connectivity index (χ1n) is 8.32. The van der Waals surface area contributed by atoms with E-state index < -0.39 is 0 Å². The van der Waals surface area contributed by atoms with E-state index >= 15 is 0 Å². The molecule has 0 amide bonds. The molecule has 3 heterocycles. The van der Waals surface area contributed by atoms with Gasteiger partial charge >= 0.3 is 5.69 Å². The Morgan fingerprint density at radius 3 is 2.67 bits per heavy atom. The van der Waals surface area contributed by atoms with Gasteiger partial charge in [0.2, 0.25) is 0 Å². The summed E-state index contributed by atoms with van der Waals surface area (Å²) in [6.45, 7) is 8.07. The van der Waals surface area contributed by atoms with Crippen LogP contribution in [0.2, 0.25) is 0 Å². The fraction of sp³-hybridized carbons (Fsp3) is 0.625. The molecule has 0 spiro atoms. The number of nitrogens with zero attached hydrogens (tertiary/aromatic N) is 2. The highest BCUT2D eigenvalue weighted by atomic mass is 32.1. The summed E-state index contributed by atoms with van der Waals surface area (Å²) in [5.74, 6) is 0.343. The lowest BCUT2D eigenvalue weighted by molar-refractivity contribution is -0.0394. The lowest BCUT2D eigenvalue weighted by Crippen LogP contribution is -2.42. The lowest BCUT2D eigenvalue weighted by atomic mass is 10.1. The third-order valence-corrected chi connectivity index (χ3v) is 5.78. The van der Waals surface area contributed by atoms with Crippen LogP contribution in [0.1, 0.15) is 17.4 Å². The Morgan fingerprint density at radius 1 is 1.33 bits per heavy atom. The minimum absolute atomic E-state index is 0.183. The van der Waals surface area contributed by atoms with Gasteiger partial charge in [-0.3, -0.25) is 13.9 Å². The van der Waals surface area contributed by atoms with Gasteiger partial charge in [-0.1, -0.05) is 0 Å². The number of thiophene rings is 1. The molecule has 3 rings (SSSR count). The molecule has 0 unspecified atom stereocenters. The summed E-state index contributed by atoms with van der Waals surface area (Å²) in [7, 11) is 0. The monoisotopic (exact) mass is 352 g/mol. The van der Waals surface area contributed by atoms with Crippen LogP contribution in [0.15, 0.2) is 9.59 Å². The number of ether oxygens (including phenoxy) is 1. The zero-order chi connectivity index (χ0) is 17.3. The van der Waals surface area contributed by atoms with E-state index in [2.05, 4.69) is 5.32 Å². The van der Waals surface area contributed by atoms with Crippen molar-refractivity contribution in [2.75, 3.05) is 26.3 Å². The van der Waals surface area contributed by atoms with Crippen LogP contribution in [-0.2, 0) is 24.4 Å². The molecule has 0 bridgehead atoms. The summed E-state index contributed by atoms with van der Waals surface area (Å²) in [5.41, 5.74) is 6.08. The number of rotatable bonds is 7. The molecular formula is C16H24N4O3S. The molecule has 1 saturated heterocycles. The van der Waals surface area contributed by atoms with E-state index in [1.54, 1.807) is 4.57 Å². The second-order valence-electron chi connectivity index (χ2n) is 6.14. The van der Waals surface area contributed by atoms with Crippen LogP contribution in [-0.4, -0.2) is 35.4 Å². The Morgan fingerprint density at radius 2 is 2.08 bits per heavy atom. The highest BCUT2D eigenvalue weighted by molar-refractivity contribution is 7.18. The zero-order valence-corrected chi connectivity index (χ0v) is 14.9. The SMILES string of the molecule is CCn1c(=O)c2c(C)c(CNCCN)sc2n(CC2COC2)c1=O. The first-order valence-corrected chi connectivity index (χ1v) is 9.14. The Balaban J connectivity index is 2.14. The smallest absolute Gasteiger partial charge is 0.332 e. The summed E-state index contributed by atoms with van der Waals surface area (Å²) >= 11 is 1.53. The highest BCUT2D eigenvalue weighted by Crippen LogP contribution is 2.28. The van der Waals surface area contributed by atoms with Crippen molar-refractivity contribution in [1.82, 2.24) is 14.5 Å². The molecule has 7 nitrogen and oxygen atoms in total. The summed E-state index contributed by atoms with van der Waals surface area (Å²) in [4.78, 5) is 27.4. The molecule has 2 aromatic heterocycles. The number of aryl methyl sites for hydroxylation is 1. The van der Waals surface area contributed by atoms with Crippen LogP contribution in [0, 0.1) is 12.8 Å². The third kappa shape index (κ3) is 2.95. The van der Waals surface area contributed by atoms with E-state index in [4.69, 9.17) is 10.5 Å².